The fourth-order valence-corrected chi connectivity index (χ4v) is 1.71. The largest absolute Gasteiger partial charge is 0.494 e. The third-order valence-corrected chi connectivity index (χ3v) is 2.76. The van der Waals surface area contributed by atoms with Crippen molar-refractivity contribution in [2.24, 2.45) is 0 Å². The van der Waals surface area contributed by atoms with E-state index in [9.17, 15) is 4.79 Å². The molecule has 0 aliphatic rings. The van der Waals surface area contributed by atoms with Gasteiger partial charge in [0.25, 0.3) is 0 Å². The van der Waals surface area contributed by atoms with Crippen molar-refractivity contribution in [3.63, 3.8) is 0 Å². The first-order valence-corrected chi connectivity index (χ1v) is 6.73. The maximum absolute atomic E-state index is 11.9. The van der Waals surface area contributed by atoms with E-state index in [1.807, 2.05) is 42.5 Å². The zero-order chi connectivity index (χ0) is 14.2. The molecular formula is C17H18O3. The Balaban J connectivity index is 1.86. The number of hydrogen-bond donors (Lipinski definition) is 0. The lowest BCUT2D eigenvalue weighted by atomic mass is 10.1. The summed E-state index contributed by atoms with van der Waals surface area (Å²) in [5.74, 6) is 1.45. The van der Waals surface area contributed by atoms with Crippen molar-refractivity contribution < 1.29 is 14.3 Å². The number of Topliss-reactive ketones (excluding diaryl/α,β-unsaturated/α-hetero) is 1. The van der Waals surface area contributed by atoms with Crippen LogP contribution in [0.15, 0.2) is 54.6 Å². The third-order valence-electron chi connectivity index (χ3n) is 2.76. The lowest BCUT2D eigenvalue weighted by molar-refractivity contribution is 0.0921. The van der Waals surface area contributed by atoms with Gasteiger partial charge in [-0.15, -0.1) is 0 Å². The van der Waals surface area contributed by atoms with Gasteiger partial charge in [0.05, 0.1) is 6.61 Å². The molecule has 0 aliphatic heterocycles. The Bertz CT molecular complexity index is 532. The van der Waals surface area contributed by atoms with Crippen LogP contribution in [0.4, 0.5) is 0 Å². The molecule has 0 saturated heterocycles. The topological polar surface area (TPSA) is 35.5 Å². The van der Waals surface area contributed by atoms with E-state index in [0.29, 0.717) is 17.9 Å². The van der Waals surface area contributed by atoms with Crippen molar-refractivity contribution in [3.05, 3.63) is 60.2 Å². The van der Waals surface area contributed by atoms with Gasteiger partial charge >= 0.3 is 0 Å². The van der Waals surface area contributed by atoms with Gasteiger partial charge in [-0.25, -0.2) is 0 Å². The van der Waals surface area contributed by atoms with Gasteiger partial charge in [-0.2, -0.15) is 0 Å². The Morgan fingerprint density at radius 3 is 2.10 bits per heavy atom. The summed E-state index contributed by atoms with van der Waals surface area (Å²) in [5, 5.41) is 0. The molecule has 0 heterocycles. The van der Waals surface area contributed by atoms with Crippen molar-refractivity contribution in [2.45, 2.75) is 13.3 Å². The smallest absolute Gasteiger partial charge is 0.200 e. The number of benzene rings is 2. The van der Waals surface area contributed by atoms with Crippen LogP contribution in [-0.2, 0) is 0 Å². The highest BCUT2D eigenvalue weighted by Gasteiger charge is 2.05. The normalized spacial score (nSPS) is 10.1. The molecular weight excluding hydrogens is 252 g/mol. The highest BCUT2D eigenvalue weighted by atomic mass is 16.5. The Morgan fingerprint density at radius 1 is 0.900 bits per heavy atom. The Kier molecular flexibility index (Phi) is 5.18. The van der Waals surface area contributed by atoms with Gasteiger partial charge < -0.3 is 9.47 Å². The predicted octanol–water partition coefficient (Wildman–Crippen LogP) is 3.74. The number of ether oxygens (including phenoxy) is 2. The van der Waals surface area contributed by atoms with Crippen LogP contribution in [-0.4, -0.2) is 19.0 Å². The van der Waals surface area contributed by atoms with E-state index in [1.54, 1.807) is 12.1 Å². The van der Waals surface area contributed by atoms with Gasteiger partial charge in [0.2, 0.25) is 0 Å². The lowest BCUT2D eigenvalue weighted by Gasteiger charge is -2.07. The number of ketones is 1. The minimum absolute atomic E-state index is 0.0306. The van der Waals surface area contributed by atoms with Crippen LogP contribution in [0.3, 0.4) is 0 Å². The molecule has 0 atom stereocenters. The van der Waals surface area contributed by atoms with Crippen LogP contribution in [0.25, 0.3) is 0 Å². The summed E-state index contributed by atoms with van der Waals surface area (Å²) in [6.45, 7) is 2.80. The minimum Gasteiger partial charge on any atom is -0.494 e. The first-order chi connectivity index (χ1) is 9.79. The zero-order valence-corrected chi connectivity index (χ0v) is 11.5. The van der Waals surface area contributed by atoms with E-state index in [4.69, 9.17) is 9.47 Å². The predicted molar refractivity (Wildman–Crippen MR) is 78.5 cm³/mol. The summed E-state index contributed by atoms with van der Waals surface area (Å²) < 4.78 is 11.0. The summed E-state index contributed by atoms with van der Waals surface area (Å²) >= 11 is 0. The number of rotatable bonds is 7. The average molecular weight is 270 g/mol. The molecule has 2 rings (SSSR count). The summed E-state index contributed by atoms with van der Waals surface area (Å²) in [5.41, 5.74) is 0.662. The van der Waals surface area contributed by atoms with Crippen molar-refractivity contribution in [3.8, 4) is 11.5 Å². The van der Waals surface area contributed by atoms with Crippen LogP contribution < -0.4 is 9.47 Å². The first-order valence-electron chi connectivity index (χ1n) is 6.73. The van der Waals surface area contributed by atoms with E-state index < -0.39 is 0 Å². The molecule has 20 heavy (non-hydrogen) atoms. The van der Waals surface area contributed by atoms with Crippen LogP contribution in [0.2, 0.25) is 0 Å². The van der Waals surface area contributed by atoms with E-state index in [-0.39, 0.29) is 12.4 Å². The number of hydrogen-bond acceptors (Lipinski definition) is 3. The third kappa shape index (κ3) is 4.12. The molecule has 0 fully saturated rings. The fourth-order valence-electron chi connectivity index (χ4n) is 1.71. The van der Waals surface area contributed by atoms with Crippen molar-refractivity contribution in [1.29, 1.82) is 0 Å². The Hall–Kier alpha value is -2.29. The second-order valence-corrected chi connectivity index (χ2v) is 4.40. The summed E-state index contributed by atoms with van der Waals surface area (Å²) in [6.07, 6.45) is 0.976. The fraction of sp³-hybridized carbons (Fsp3) is 0.235. The Labute approximate surface area is 119 Å². The average Bonchev–Trinajstić information content (AvgIpc) is 2.52. The maximum Gasteiger partial charge on any atom is 0.200 e. The molecule has 2 aromatic rings. The lowest BCUT2D eigenvalue weighted by Crippen LogP contribution is -2.11. The quantitative estimate of drug-likeness (QED) is 0.719. The standard InChI is InChI=1S/C17H18O3/c1-2-12-19-15-8-10-16(11-9-15)20-13-17(18)14-6-4-3-5-7-14/h3-11H,2,12-13H2,1H3. The van der Waals surface area contributed by atoms with Crippen LogP contribution in [0, 0.1) is 0 Å². The van der Waals surface area contributed by atoms with Crippen LogP contribution >= 0.6 is 0 Å². The van der Waals surface area contributed by atoms with E-state index in [0.717, 1.165) is 12.2 Å². The second-order valence-electron chi connectivity index (χ2n) is 4.40. The van der Waals surface area contributed by atoms with Gasteiger partial charge in [0, 0.05) is 5.56 Å². The molecule has 2 aromatic carbocycles. The monoisotopic (exact) mass is 270 g/mol. The molecule has 0 N–H and O–H groups in total. The van der Waals surface area contributed by atoms with Gasteiger partial charge in [0.15, 0.2) is 12.4 Å². The summed E-state index contributed by atoms with van der Waals surface area (Å²) in [6, 6.07) is 16.4. The molecule has 0 unspecified atom stereocenters. The Morgan fingerprint density at radius 2 is 1.50 bits per heavy atom. The molecule has 0 saturated carbocycles. The summed E-state index contributed by atoms with van der Waals surface area (Å²) in [4.78, 5) is 11.9. The number of carbonyl (C=O) groups excluding carboxylic acids is 1. The van der Waals surface area contributed by atoms with Gasteiger partial charge in [-0.3, -0.25) is 4.79 Å². The molecule has 0 aliphatic carbocycles. The van der Waals surface area contributed by atoms with E-state index in [1.165, 1.54) is 0 Å². The van der Waals surface area contributed by atoms with Gasteiger partial charge in [0.1, 0.15) is 11.5 Å². The summed E-state index contributed by atoms with van der Waals surface area (Å²) in [7, 11) is 0. The zero-order valence-electron chi connectivity index (χ0n) is 11.5. The molecule has 3 nitrogen and oxygen atoms in total. The molecule has 3 heteroatoms. The van der Waals surface area contributed by atoms with Gasteiger partial charge in [-0.1, -0.05) is 37.3 Å². The van der Waals surface area contributed by atoms with E-state index >= 15 is 0 Å². The van der Waals surface area contributed by atoms with Crippen molar-refractivity contribution >= 4 is 5.78 Å². The minimum atomic E-state index is -0.0306. The molecule has 0 spiro atoms. The van der Waals surface area contributed by atoms with E-state index in [2.05, 4.69) is 6.92 Å². The second kappa shape index (κ2) is 7.34. The molecule has 0 bridgehead atoms. The van der Waals surface area contributed by atoms with Crippen molar-refractivity contribution in [2.75, 3.05) is 13.2 Å². The molecule has 0 amide bonds. The molecule has 0 radical (unpaired) electrons. The SMILES string of the molecule is CCCOc1ccc(OCC(=O)c2ccccc2)cc1. The van der Waals surface area contributed by atoms with Crippen LogP contribution in [0.5, 0.6) is 11.5 Å². The molecule has 0 aromatic heterocycles. The van der Waals surface area contributed by atoms with Crippen LogP contribution in [0.1, 0.15) is 23.7 Å². The highest BCUT2D eigenvalue weighted by Crippen LogP contribution is 2.18. The maximum atomic E-state index is 11.9. The number of carbonyl (C=O) groups is 1. The highest BCUT2D eigenvalue weighted by molar-refractivity contribution is 5.97. The van der Waals surface area contributed by atoms with Crippen molar-refractivity contribution in [1.82, 2.24) is 0 Å². The first kappa shape index (κ1) is 14.1. The van der Waals surface area contributed by atoms with Gasteiger partial charge in [-0.05, 0) is 30.7 Å². The molecule has 104 valence electrons.